The van der Waals surface area contributed by atoms with Gasteiger partial charge < -0.3 is 15.6 Å². The van der Waals surface area contributed by atoms with Crippen LogP contribution in [0.3, 0.4) is 0 Å². The van der Waals surface area contributed by atoms with E-state index in [4.69, 9.17) is 15.6 Å². The van der Waals surface area contributed by atoms with Gasteiger partial charge in [-0.05, 0) is 51.8 Å². The van der Waals surface area contributed by atoms with Crippen molar-refractivity contribution in [1.82, 2.24) is 0 Å². The van der Waals surface area contributed by atoms with E-state index in [-0.39, 0.29) is 0 Å². The third-order valence-corrected chi connectivity index (χ3v) is 0.600. The fourth-order valence-electron chi connectivity index (χ4n) is 0. The van der Waals surface area contributed by atoms with Gasteiger partial charge in [-0.3, -0.25) is 0 Å². The van der Waals surface area contributed by atoms with E-state index in [2.05, 4.69) is 22.0 Å². The average molecular weight is 265 g/mol. The summed E-state index contributed by atoms with van der Waals surface area (Å²) in [5.41, 5.74) is 2.06. The van der Waals surface area contributed by atoms with E-state index in [9.17, 15) is 0 Å². The highest BCUT2D eigenvalue weighted by Crippen LogP contribution is 1.63. The first kappa shape index (κ1) is 24.7. The lowest BCUT2D eigenvalue weighted by Crippen LogP contribution is -1.74. The first-order chi connectivity index (χ1) is 7.81. The van der Waals surface area contributed by atoms with Gasteiger partial charge in [-0.2, -0.15) is 0 Å². The van der Waals surface area contributed by atoms with Crippen molar-refractivity contribution >= 4 is 27.4 Å². The van der Waals surface area contributed by atoms with Crippen molar-refractivity contribution in [2.75, 3.05) is 0 Å². The summed E-state index contributed by atoms with van der Waals surface area (Å²) in [5.74, 6) is 0. The second-order valence-electron chi connectivity index (χ2n) is 3.14. The molecule has 0 atom stereocenters. The van der Waals surface area contributed by atoms with Crippen LogP contribution in [0, 0.1) is 0 Å². The van der Waals surface area contributed by atoms with Gasteiger partial charge in [0, 0.05) is 0 Å². The Morgan fingerprint density at radius 2 is 0.647 bits per heavy atom. The number of hydrogen-bond acceptors (Lipinski definition) is 6. The maximum Gasteiger partial charge on any atom is 0.0509 e. The van der Waals surface area contributed by atoms with Gasteiger partial charge in [-0.1, -0.05) is 22.0 Å². The molecular weight excluding hydrogens is 238 g/mol. The van der Waals surface area contributed by atoms with Gasteiger partial charge in [-0.15, -0.1) is 0 Å². The number of oxime groups is 3. The van der Waals surface area contributed by atoms with E-state index in [1.165, 1.54) is 10.2 Å². The topological polar surface area (TPSA) is 97.8 Å². The van der Waals surface area contributed by atoms with Crippen molar-refractivity contribution in [1.29, 1.82) is 0 Å². The summed E-state index contributed by atoms with van der Waals surface area (Å²) in [6.45, 7) is 12.5. The normalized spacial score (nSPS) is 6.53. The standard InChI is InChI=1S/3C3H7NO.CH6Si/c3*1-3(2)4-5;1-2/h3*5H,1-2H3;1-2H3. The van der Waals surface area contributed by atoms with Crippen LogP contribution in [-0.2, 0) is 0 Å². The molecule has 104 valence electrons. The second kappa shape index (κ2) is 24.1. The van der Waals surface area contributed by atoms with E-state index < -0.39 is 0 Å². The number of rotatable bonds is 0. The maximum absolute atomic E-state index is 7.73. The molecule has 0 saturated carbocycles. The Morgan fingerprint density at radius 1 is 0.588 bits per heavy atom. The Morgan fingerprint density at radius 3 is 0.647 bits per heavy atom. The summed E-state index contributed by atoms with van der Waals surface area (Å²) in [4.78, 5) is 0. The molecule has 7 heteroatoms. The number of hydrogen-bond donors (Lipinski definition) is 3. The fourth-order valence-corrected chi connectivity index (χ4v) is 0. The molecule has 0 heterocycles. The highest BCUT2D eigenvalue weighted by molar-refractivity contribution is 6.05. The SMILES string of the molecule is CC(C)=NO.CC(C)=NO.CC(C)=NO.C[SiH3]. The zero-order chi connectivity index (χ0) is 14.9. The summed E-state index contributed by atoms with van der Waals surface area (Å²) >= 11 is 0. The van der Waals surface area contributed by atoms with Crippen LogP contribution >= 0.6 is 0 Å². The molecule has 0 spiro atoms. The highest BCUT2D eigenvalue weighted by Gasteiger charge is 1.66. The molecule has 0 radical (unpaired) electrons. The molecule has 0 bridgehead atoms. The molecule has 17 heavy (non-hydrogen) atoms. The summed E-state index contributed by atoms with van der Waals surface area (Å²) < 4.78 is 0. The fraction of sp³-hybridized carbons (Fsp3) is 0.700. The molecule has 6 nitrogen and oxygen atoms in total. The van der Waals surface area contributed by atoms with E-state index in [0.717, 1.165) is 0 Å². The van der Waals surface area contributed by atoms with Crippen molar-refractivity contribution in [2.24, 2.45) is 15.5 Å². The molecule has 0 saturated heterocycles. The molecule has 0 aliphatic heterocycles. The molecular formula is C10H27N3O3Si. The van der Waals surface area contributed by atoms with Crippen molar-refractivity contribution in [2.45, 2.75) is 48.1 Å². The Labute approximate surface area is 107 Å². The second-order valence-corrected chi connectivity index (χ2v) is 3.14. The van der Waals surface area contributed by atoms with Gasteiger partial charge in [0.05, 0.1) is 17.1 Å². The van der Waals surface area contributed by atoms with E-state index in [1.807, 2.05) is 0 Å². The van der Waals surface area contributed by atoms with Crippen LogP contribution in [0.2, 0.25) is 6.55 Å². The van der Waals surface area contributed by atoms with Crippen LogP contribution in [0.15, 0.2) is 15.5 Å². The lowest BCUT2D eigenvalue weighted by molar-refractivity contribution is 0.318. The maximum atomic E-state index is 7.73. The summed E-state index contributed by atoms with van der Waals surface area (Å²) in [7, 11) is 1.31. The van der Waals surface area contributed by atoms with E-state index in [0.29, 0.717) is 17.1 Å². The molecule has 0 aliphatic carbocycles. The van der Waals surface area contributed by atoms with Crippen molar-refractivity contribution < 1.29 is 15.6 Å². The van der Waals surface area contributed by atoms with Crippen LogP contribution in [0.25, 0.3) is 0 Å². The number of nitrogens with zero attached hydrogens (tertiary/aromatic N) is 3. The molecule has 0 aromatic heterocycles. The van der Waals surface area contributed by atoms with Crippen molar-refractivity contribution in [3.63, 3.8) is 0 Å². The highest BCUT2D eigenvalue weighted by atomic mass is 28.1. The van der Waals surface area contributed by atoms with Gasteiger partial charge in [0.2, 0.25) is 0 Å². The van der Waals surface area contributed by atoms with Crippen LogP contribution < -0.4 is 0 Å². The summed E-state index contributed by atoms with van der Waals surface area (Å²) in [6, 6.07) is 0. The Balaban J connectivity index is -0.0000000693. The molecule has 0 aliphatic rings. The molecule has 0 rings (SSSR count). The Kier molecular flexibility index (Phi) is 35.0. The van der Waals surface area contributed by atoms with E-state index in [1.54, 1.807) is 41.5 Å². The smallest absolute Gasteiger partial charge is 0.0509 e. The average Bonchev–Trinajstić information content (AvgIpc) is 2.32. The van der Waals surface area contributed by atoms with Gasteiger partial charge in [-0.25, -0.2) is 0 Å². The zero-order valence-electron chi connectivity index (χ0n) is 12.2. The quantitative estimate of drug-likeness (QED) is 0.270. The first-order valence-electron chi connectivity index (χ1n) is 5.27. The third-order valence-electron chi connectivity index (χ3n) is 0.600. The van der Waals surface area contributed by atoms with Gasteiger partial charge >= 0.3 is 0 Å². The molecule has 0 aromatic rings. The minimum Gasteiger partial charge on any atom is -0.411 e. The predicted octanol–water partition coefficient (Wildman–Crippen LogP) is 1.97. The lowest BCUT2D eigenvalue weighted by Gasteiger charge is -1.72. The molecule has 0 amide bonds. The minimum absolute atomic E-state index is 0.685. The third kappa shape index (κ3) is 109. The van der Waals surface area contributed by atoms with Crippen molar-refractivity contribution in [3.8, 4) is 0 Å². The van der Waals surface area contributed by atoms with Gasteiger partial charge in [0.1, 0.15) is 0 Å². The lowest BCUT2D eigenvalue weighted by atomic mass is 10.5. The van der Waals surface area contributed by atoms with Gasteiger partial charge in [0.15, 0.2) is 0 Å². The largest absolute Gasteiger partial charge is 0.411 e. The van der Waals surface area contributed by atoms with Crippen LogP contribution in [-0.4, -0.2) is 43.0 Å². The van der Waals surface area contributed by atoms with E-state index >= 15 is 0 Å². The Hall–Kier alpha value is -1.37. The van der Waals surface area contributed by atoms with Crippen LogP contribution in [0.5, 0.6) is 0 Å². The molecule has 0 aromatic carbocycles. The molecule has 0 unspecified atom stereocenters. The zero-order valence-corrected chi connectivity index (χ0v) is 14.2. The Bertz CT molecular complexity index is 179. The predicted molar refractivity (Wildman–Crippen MR) is 77.5 cm³/mol. The molecule has 3 N–H and O–H groups in total. The van der Waals surface area contributed by atoms with Crippen molar-refractivity contribution in [3.05, 3.63) is 0 Å². The first-order valence-corrected chi connectivity index (χ1v) is 7.27. The summed E-state index contributed by atoms with van der Waals surface area (Å²) in [5, 5.41) is 31.6. The van der Waals surface area contributed by atoms with Crippen LogP contribution in [0.1, 0.15) is 41.5 Å². The summed E-state index contributed by atoms with van der Waals surface area (Å²) in [6.07, 6.45) is 0. The van der Waals surface area contributed by atoms with Gasteiger partial charge in [0.25, 0.3) is 0 Å². The van der Waals surface area contributed by atoms with Crippen LogP contribution in [0.4, 0.5) is 0 Å². The molecule has 0 fully saturated rings. The minimum atomic E-state index is 0.685. The monoisotopic (exact) mass is 265 g/mol.